The number of benzene rings is 1. The number of hydrogen-bond acceptors (Lipinski definition) is 5. The van der Waals surface area contributed by atoms with Gasteiger partial charge in [-0.25, -0.2) is 18.1 Å². The van der Waals surface area contributed by atoms with Crippen LogP contribution in [0.5, 0.6) is 0 Å². The summed E-state index contributed by atoms with van der Waals surface area (Å²) in [6.45, 7) is 1.17. The van der Waals surface area contributed by atoms with E-state index in [1.165, 1.54) is 19.1 Å². The van der Waals surface area contributed by atoms with E-state index < -0.39 is 27.8 Å². The van der Waals surface area contributed by atoms with Gasteiger partial charge in [-0.2, -0.15) is 18.4 Å². The van der Waals surface area contributed by atoms with Crippen LogP contribution in [0.15, 0.2) is 41.3 Å². The molecule has 0 aliphatic rings. The lowest BCUT2D eigenvalue weighted by Gasteiger charge is -2.11. The molecule has 0 spiro atoms. The SMILES string of the molecule is Cc1nc(C(F)(F)F)ccc1C(=O)NS(=O)(=O)c1ccc(C#N)cc1. The van der Waals surface area contributed by atoms with Crippen LogP contribution in [0.1, 0.15) is 27.3 Å². The Morgan fingerprint density at radius 3 is 2.24 bits per heavy atom. The Morgan fingerprint density at radius 1 is 1.16 bits per heavy atom. The van der Waals surface area contributed by atoms with Crippen LogP contribution < -0.4 is 4.72 Å². The molecule has 2 aromatic rings. The molecule has 0 saturated heterocycles. The highest BCUT2D eigenvalue weighted by atomic mass is 32.2. The first-order valence-electron chi connectivity index (χ1n) is 6.67. The fraction of sp³-hybridized carbons (Fsp3) is 0.133. The van der Waals surface area contributed by atoms with E-state index in [0.717, 1.165) is 18.2 Å². The van der Waals surface area contributed by atoms with E-state index in [2.05, 4.69) is 4.98 Å². The summed E-state index contributed by atoms with van der Waals surface area (Å²) < 4.78 is 63.7. The van der Waals surface area contributed by atoms with Crippen LogP contribution in [-0.4, -0.2) is 19.3 Å². The lowest BCUT2D eigenvalue weighted by Crippen LogP contribution is -2.31. The van der Waals surface area contributed by atoms with Crippen LogP contribution in [0.4, 0.5) is 13.2 Å². The van der Waals surface area contributed by atoms with Crippen molar-refractivity contribution in [2.75, 3.05) is 0 Å². The van der Waals surface area contributed by atoms with Gasteiger partial charge in [0.25, 0.3) is 15.9 Å². The number of halogens is 3. The second-order valence-corrected chi connectivity index (χ2v) is 6.58. The van der Waals surface area contributed by atoms with Crippen LogP contribution in [0, 0.1) is 18.3 Å². The standard InChI is InChI=1S/C15H10F3N3O3S/c1-9-12(6-7-13(20-9)15(16,17)18)14(22)21-25(23,24)11-4-2-10(8-19)3-5-11/h2-7H,1H3,(H,21,22). The number of sulfonamides is 1. The van der Waals surface area contributed by atoms with Crippen LogP contribution in [0.2, 0.25) is 0 Å². The van der Waals surface area contributed by atoms with Gasteiger partial charge in [0.15, 0.2) is 0 Å². The van der Waals surface area contributed by atoms with Gasteiger partial charge in [-0.05, 0) is 43.3 Å². The quantitative estimate of drug-likeness (QED) is 0.895. The molecule has 1 amide bonds. The molecule has 1 N–H and O–H groups in total. The second kappa shape index (κ2) is 6.52. The summed E-state index contributed by atoms with van der Waals surface area (Å²) in [5.41, 5.74) is -1.52. The number of aryl methyl sites for hydroxylation is 1. The lowest BCUT2D eigenvalue weighted by molar-refractivity contribution is -0.141. The summed E-state index contributed by atoms with van der Waals surface area (Å²) >= 11 is 0. The minimum Gasteiger partial charge on any atom is -0.268 e. The topological polar surface area (TPSA) is 99.9 Å². The van der Waals surface area contributed by atoms with Gasteiger partial charge in [-0.1, -0.05) is 0 Å². The zero-order valence-electron chi connectivity index (χ0n) is 12.6. The molecule has 25 heavy (non-hydrogen) atoms. The Labute approximate surface area is 141 Å². The Hall–Kier alpha value is -2.93. The maximum atomic E-state index is 12.6. The number of nitriles is 1. The summed E-state index contributed by atoms with van der Waals surface area (Å²) in [6.07, 6.45) is -4.67. The Morgan fingerprint density at radius 2 is 1.76 bits per heavy atom. The molecule has 1 heterocycles. The third kappa shape index (κ3) is 4.13. The highest BCUT2D eigenvalue weighted by Crippen LogP contribution is 2.28. The smallest absolute Gasteiger partial charge is 0.268 e. The molecule has 2 rings (SSSR count). The van der Waals surface area contributed by atoms with Gasteiger partial charge >= 0.3 is 6.18 Å². The summed E-state index contributed by atoms with van der Waals surface area (Å²) in [6, 6.07) is 8.03. The molecule has 6 nitrogen and oxygen atoms in total. The van der Waals surface area contributed by atoms with Crippen molar-refractivity contribution in [2.24, 2.45) is 0 Å². The highest BCUT2D eigenvalue weighted by Gasteiger charge is 2.33. The van der Waals surface area contributed by atoms with E-state index in [-0.39, 0.29) is 21.7 Å². The van der Waals surface area contributed by atoms with Crippen molar-refractivity contribution in [3.05, 3.63) is 58.9 Å². The average molecular weight is 369 g/mol. The summed E-state index contributed by atoms with van der Waals surface area (Å²) in [5, 5.41) is 8.68. The Balaban J connectivity index is 2.28. The molecule has 0 bridgehead atoms. The number of nitrogens with one attached hydrogen (secondary N) is 1. The number of alkyl halides is 3. The maximum absolute atomic E-state index is 12.6. The largest absolute Gasteiger partial charge is 0.433 e. The van der Waals surface area contributed by atoms with Crippen LogP contribution in [-0.2, 0) is 16.2 Å². The second-order valence-electron chi connectivity index (χ2n) is 4.90. The average Bonchev–Trinajstić information content (AvgIpc) is 2.53. The van der Waals surface area contributed by atoms with Gasteiger partial charge in [0.2, 0.25) is 0 Å². The first kappa shape index (κ1) is 18.4. The molecule has 10 heteroatoms. The molecule has 0 radical (unpaired) electrons. The van der Waals surface area contributed by atoms with Gasteiger partial charge in [0.05, 0.1) is 27.8 Å². The van der Waals surface area contributed by atoms with Crippen molar-refractivity contribution in [3.8, 4) is 6.07 Å². The van der Waals surface area contributed by atoms with Crippen LogP contribution in [0.3, 0.4) is 0 Å². The molecule has 0 aliphatic heterocycles. The van der Waals surface area contributed by atoms with Crippen molar-refractivity contribution in [3.63, 3.8) is 0 Å². The molecule has 0 fully saturated rings. The van der Waals surface area contributed by atoms with Gasteiger partial charge in [-0.15, -0.1) is 0 Å². The lowest BCUT2D eigenvalue weighted by atomic mass is 10.2. The van der Waals surface area contributed by atoms with Gasteiger partial charge in [-0.3, -0.25) is 4.79 Å². The van der Waals surface area contributed by atoms with E-state index in [4.69, 9.17) is 5.26 Å². The summed E-state index contributed by atoms with van der Waals surface area (Å²) in [4.78, 5) is 15.1. The molecule has 0 atom stereocenters. The monoisotopic (exact) mass is 369 g/mol. The van der Waals surface area contributed by atoms with E-state index >= 15 is 0 Å². The van der Waals surface area contributed by atoms with E-state index in [1.54, 1.807) is 4.72 Å². The minimum atomic E-state index is -4.67. The highest BCUT2D eigenvalue weighted by molar-refractivity contribution is 7.90. The van der Waals surface area contributed by atoms with Gasteiger partial charge in [0.1, 0.15) is 5.69 Å². The van der Waals surface area contributed by atoms with E-state index in [9.17, 15) is 26.4 Å². The first-order valence-corrected chi connectivity index (χ1v) is 8.15. The third-order valence-electron chi connectivity index (χ3n) is 3.14. The molecule has 0 saturated carbocycles. The number of rotatable bonds is 3. The Kier molecular flexibility index (Phi) is 4.80. The van der Waals surface area contributed by atoms with Gasteiger partial charge in [0, 0.05) is 0 Å². The fourth-order valence-electron chi connectivity index (χ4n) is 1.90. The number of carbonyl (C=O) groups is 1. The number of pyridine rings is 1. The van der Waals surface area contributed by atoms with Crippen molar-refractivity contribution in [2.45, 2.75) is 18.0 Å². The number of amides is 1. The first-order chi connectivity index (χ1) is 11.5. The third-order valence-corrected chi connectivity index (χ3v) is 4.49. The normalized spacial score (nSPS) is 11.6. The molecule has 1 aromatic heterocycles. The molecule has 1 aromatic carbocycles. The zero-order chi connectivity index (χ0) is 18.8. The molecular formula is C15H10F3N3O3S. The van der Waals surface area contributed by atoms with Crippen LogP contribution >= 0.6 is 0 Å². The molecule has 130 valence electrons. The molecule has 0 aliphatic carbocycles. The number of hydrogen-bond donors (Lipinski definition) is 1. The predicted molar refractivity (Wildman–Crippen MR) is 79.8 cm³/mol. The van der Waals surface area contributed by atoms with Crippen molar-refractivity contribution >= 4 is 15.9 Å². The molecular weight excluding hydrogens is 359 g/mol. The minimum absolute atomic E-state index is 0.230. The predicted octanol–water partition coefficient (Wildman–Crippen LogP) is 2.40. The van der Waals surface area contributed by atoms with Crippen molar-refractivity contribution in [1.29, 1.82) is 5.26 Å². The number of aromatic nitrogens is 1. The van der Waals surface area contributed by atoms with Crippen LogP contribution in [0.25, 0.3) is 0 Å². The Bertz CT molecular complexity index is 962. The van der Waals surface area contributed by atoms with Gasteiger partial charge < -0.3 is 0 Å². The van der Waals surface area contributed by atoms with E-state index in [1.807, 2.05) is 6.07 Å². The van der Waals surface area contributed by atoms with Crippen molar-refractivity contribution < 1.29 is 26.4 Å². The zero-order valence-corrected chi connectivity index (χ0v) is 13.4. The summed E-state index contributed by atoms with van der Waals surface area (Å²) in [5.74, 6) is -1.11. The summed E-state index contributed by atoms with van der Waals surface area (Å²) in [7, 11) is -4.25. The number of nitrogens with zero attached hydrogens (tertiary/aromatic N) is 2. The number of carbonyl (C=O) groups excluding carboxylic acids is 1. The molecule has 0 unspecified atom stereocenters. The van der Waals surface area contributed by atoms with E-state index in [0.29, 0.717) is 6.07 Å². The fourth-order valence-corrected chi connectivity index (χ4v) is 2.87. The van der Waals surface area contributed by atoms with Crippen molar-refractivity contribution in [1.82, 2.24) is 9.71 Å². The maximum Gasteiger partial charge on any atom is 0.433 e.